The Bertz CT molecular complexity index is 1760. The van der Waals surface area contributed by atoms with Crippen molar-refractivity contribution in [2.45, 2.75) is 0 Å². The Balaban J connectivity index is 1.39. The molecule has 7 rings (SSSR count). The first-order valence-electron chi connectivity index (χ1n) is 10.6. The highest BCUT2D eigenvalue weighted by Crippen LogP contribution is 2.40. The number of nitrogens with zero attached hydrogens (tertiary/aromatic N) is 1. The number of fused-ring (bicyclic) bond motifs is 7. The molecule has 0 aliphatic heterocycles. The number of benzene rings is 4. The number of para-hydroxylation sites is 1. The monoisotopic (exact) mass is 411 g/mol. The summed E-state index contributed by atoms with van der Waals surface area (Å²) in [4.78, 5) is 4.44. The standard InChI is InChI=1S/C29H17NO2/c1-2-7-24-21(5-1)28-25(31-24)14-15-26-29(28)22-13-12-20(17-27(22)32-26)18-8-10-19(11-9-18)23-6-3-4-16-30-23/h1-17H. The first-order chi connectivity index (χ1) is 15.8. The lowest BCUT2D eigenvalue weighted by molar-refractivity contribution is 0.663. The summed E-state index contributed by atoms with van der Waals surface area (Å²) in [6, 6.07) is 33.1. The molecule has 3 heteroatoms. The Morgan fingerprint density at radius 1 is 0.469 bits per heavy atom. The van der Waals surface area contributed by atoms with E-state index in [0.717, 1.165) is 66.3 Å². The van der Waals surface area contributed by atoms with Crippen molar-refractivity contribution < 1.29 is 8.83 Å². The van der Waals surface area contributed by atoms with Crippen LogP contribution in [0.15, 0.2) is 112 Å². The molecule has 32 heavy (non-hydrogen) atoms. The maximum Gasteiger partial charge on any atom is 0.136 e. The van der Waals surface area contributed by atoms with Crippen LogP contribution in [0.25, 0.3) is 66.3 Å². The van der Waals surface area contributed by atoms with Crippen molar-refractivity contribution in [2.24, 2.45) is 0 Å². The Morgan fingerprint density at radius 2 is 1.12 bits per heavy atom. The van der Waals surface area contributed by atoms with Crippen LogP contribution in [0.4, 0.5) is 0 Å². The summed E-state index contributed by atoms with van der Waals surface area (Å²) >= 11 is 0. The van der Waals surface area contributed by atoms with Gasteiger partial charge < -0.3 is 8.83 Å². The number of rotatable bonds is 2. The zero-order valence-corrected chi connectivity index (χ0v) is 17.1. The van der Waals surface area contributed by atoms with Crippen LogP contribution in [0.1, 0.15) is 0 Å². The van der Waals surface area contributed by atoms with E-state index in [-0.39, 0.29) is 0 Å². The first kappa shape index (κ1) is 17.3. The molecule has 3 aromatic heterocycles. The van der Waals surface area contributed by atoms with Crippen LogP contribution in [0, 0.1) is 0 Å². The van der Waals surface area contributed by atoms with Gasteiger partial charge in [-0.25, -0.2) is 0 Å². The zero-order chi connectivity index (χ0) is 21.1. The van der Waals surface area contributed by atoms with Crippen molar-refractivity contribution in [1.82, 2.24) is 4.98 Å². The van der Waals surface area contributed by atoms with Crippen molar-refractivity contribution in [3.8, 4) is 22.4 Å². The van der Waals surface area contributed by atoms with Gasteiger partial charge in [0.15, 0.2) is 0 Å². The minimum absolute atomic E-state index is 0.877. The SMILES string of the molecule is c1ccc(-c2ccc(-c3ccc4c(c3)oc3ccc5oc6ccccc6c5c34)cc2)nc1. The average molecular weight is 411 g/mol. The molecule has 0 bridgehead atoms. The van der Waals surface area contributed by atoms with Crippen LogP contribution in [-0.4, -0.2) is 4.98 Å². The lowest BCUT2D eigenvalue weighted by atomic mass is 10.00. The van der Waals surface area contributed by atoms with Crippen molar-refractivity contribution in [3.05, 3.63) is 103 Å². The summed E-state index contributed by atoms with van der Waals surface area (Å²) in [5.74, 6) is 0. The summed E-state index contributed by atoms with van der Waals surface area (Å²) in [7, 11) is 0. The number of furan rings is 2. The van der Waals surface area contributed by atoms with Gasteiger partial charge in [-0.3, -0.25) is 4.98 Å². The third-order valence-electron chi connectivity index (χ3n) is 6.15. The molecular formula is C29H17NO2. The van der Waals surface area contributed by atoms with E-state index < -0.39 is 0 Å². The fourth-order valence-electron chi connectivity index (χ4n) is 4.63. The molecule has 0 amide bonds. The molecule has 4 aromatic carbocycles. The molecule has 3 nitrogen and oxygen atoms in total. The summed E-state index contributed by atoms with van der Waals surface area (Å²) in [6.07, 6.45) is 1.82. The average Bonchev–Trinajstić information content (AvgIpc) is 3.42. The van der Waals surface area contributed by atoms with E-state index in [4.69, 9.17) is 8.83 Å². The normalized spacial score (nSPS) is 11.8. The Morgan fingerprint density at radius 3 is 1.91 bits per heavy atom. The van der Waals surface area contributed by atoms with Gasteiger partial charge in [-0.2, -0.15) is 0 Å². The van der Waals surface area contributed by atoms with Gasteiger partial charge in [0.2, 0.25) is 0 Å². The van der Waals surface area contributed by atoms with E-state index in [0.29, 0.717) is 0 Å². The molecule has 0 fully saturated rings. The number of hydrogen-bond donors (Lipinski definition) is 0. The number of hydrogen-bond acceptors (Lipinski definition) is 3. The summed E-state index contributed by atoms with van der Waals surface area (Å²) in [6.45, 7) is 0. The Labute approximate surface area is 183 Å². The Hall–Kier alpha value is -4.37. The second kappa shape index (κ2) is 6.56. The van der Waals surface area contributed by atoms with E-state index >= 15 is 0 Å². The molecule has 0 unspecified atom stereocenters. The molecule has 7 aromatic rings. The molecule has 0 saturated heterocycles. The highest BCUT2D eigenvalue weighted by Gasteiger charge is 2.16. The summed E-state index contributed by atoms with van der Waals surface area (Å²) < 4.78 is 12.4. The molecule has 0 saturated carbocycles. The molecule has 0 N–H and O–H groups in total. The third-order valence-corrected chi connectivity index (χ3v) is 6.15. The predicted molar refractivity (Wildman–Crippen MR) is 130 cm³/mol. The highest BCUT2D eigenvalue weighted by atomic mass is 16.3. The lowest BCUT2D eigenvalue weighted by Gasteiger charge is -2.04. The van der Waals surface area contributed by atoms with Gasteiger partial charge in [-0.05, 0) is 53.6 Å². The minimum Gasteiger partial charge on any atom is -0.456 e. The number of pyridine rings is 1. The van der Waals surface area contributed by atoms with Crippen LogP contribution in [0.2, 0.25) is 0 Å². The van der Waals surface area contributed by atoms with E-state index in [2.05, 4.69) is 53.5 Å². The van der Waals surface area contributed by atoms with E-state index in [1.54, 1.807) is 0 Å². The van der Waals surface area contributed by atoms with Crippen molar-refractivity contribution in [1.29, 1.82) is 0 Å². The molecule has 0 spiro atoms. The number of aromatic nitrogens is 1. The summed E-state index contributed by atoms with van der Waals surface area (Å²) in [5.41, 5.74) is 7.88. The molecule has 150 valence electrons. The van der Waals surface area contributed by atoms with Crippen molar-refractivity contribution in [3.63, 3.8) is 0 Å². The van der Waals surface area contributed by atoms with Crippen LogP contribution >= 0.6 is 0 Å². The topological polar surface area (TPSA) is 39.2 Å². The maximum atomic E-state index is 6.28. The van der Waals surface area contributed by atoms with Gasteiger partial charge in [0.1, 0.15) is 22.3 Å². The molecule has 3 heterocycles. The second-order valence-electron chi connectivity index (χ2n) is 8.02. The summed E-state index contributed by atoms with van der Waals surface area (Å²) in [5, 5.41) is 4.44. The van der Waals surface area contributed by atoms with Crippen LogP contribution in [0.3, 0.4) is 0 Å². The fraction of sp³-hybridized carbons (Fsp3) is 0. The highest BCUT2D eigenvalue weighted by molar-refractivity contribution is 6.25. The smallest absolute Gasteiger partial charge is 0.136 e. The molecular weight excluding hydrogens is 394 g/mol. The van der Waals surface area contributed by atoms with E-state index in [9.17, 15) is 0 Å². The van der Waals surface area contributed by atoms with Gasteiger partial charge in [0, 0.05) is 33.3 Å². The minimum atomic E-state index is 0.877. The molecule has 0 aliphatic rings. The van der Waals surface area contributed by atoms with Gasteiger partial charge in [0.25, 0.3) is 0 Å². The maximum absolute atomic E-state index is 6.28. The van der Waals surface area contributed by atoms with Gasteiger partial charge >= 0.3 is 0 Å². The van der Waals surface area contributed by atoms with E-state index in [1.165, 1.54) is 0 Å². The largest absolute Gasteiger partial charge is 0.456 e. The lowest BCUT2D eigenvalue weighted by Crippen LogP contribution is -1.83. The fourth-order valence-corrected chi connectivity index (χ4v) is 4.63. The van der Waals surface area contributed by atoms with E-state index in [1.807, 2.05) is 54.7 Å². The van der Waals surface area contributed by atoms with Gasteiger partial charge in [0.05, 0.1) is 5.69 Å². The second-order valence-corrected chi connectivity index (χ2v) is 8.02. The van der Waals surface area contributed by atoms with Gasteiger partial charge in [-0.15, -0.1) is 0 Å². The molecule has 0 radical (unpaired) electrons. The predicted octanol–water partition coefficient (Wildman–Crippen LogP) is 8.21. The van der Waals surface area contributed by atoms with Crippen LogP contribution < -0.4 is 0 Å². The van der Waals surface area contributed by atoms with Gasteiger partial charge in [-0.1, -0.05) is 54.6 Å². The van der Waals surface area contributed by atoms with Crippen LogP contribution in [-0.2, 0) is 0 Å². The van der Waals surface area contributed by atoms with Crippen molar-refractivity contribution >= 4 is 43.9 Å². The molecule has 0 atom stereocenters. The first-order valence-corrected chi connectivity index (χ1v) is 10.6. The zero-order valence-electron chi connectivity index (χ0n) is 17.1. The van der Waals surface area contributed by atoms with Crippen LogP contribution in [0.5, 0.6) is 0 Å². The third kappa shape index (κ3) is 2.51. The quantitative estimate of drug-likeness (QED) is 0.288. The Kier molecular flexibility index (Phi) is 3.55. The van der Waals surface area contributed by atoms with Crippen molar-refractivity contribution in [2.75, 3.05) is 0 Å². The molecule has 0 aliphatic carbocycles.